The summed E-state index contributed by atoms with van der Waals surface area (Å²) in [4.78, 5) is 0. The zero-order valence-electron chi connectivity index (χ0n) is 10.1. The van der Waals surface area contributed by atoms with Crippen molar-refractivity contribution in [3.05, 3.63) is 29.3 Å². The minimum atomic E-state index is -3.03. The van der Waals surface area contributed by atoms with E-state index in [1.807, 2.05) is 18.2 Å². The summed E-state index contributed by atoms with van der Waals surface area (Å²) in [6, 6.07) is 5.70. The monoisotopic (exact) mass is 322 g/mol. The predicted octanol–water partition coefficient (Wildman–Crippen LogP) is 3.58. The minimum Gasteiger partial charge on any atom is -0.497 e. The second kappa shape index (κ2) is 6.55. The molecule has 1 rings (SSSR count). The van der Waals surface area contributed by atoms with E-state index in [1.54, 1.807) is 7.11 Å². The Hall–Kier alpha value is -0.350. The van der Waals surface area contributed by atoms with Crippen molar-refractivity contribution in [3.63, 3.8) is 0 Å². The van der Waals surface area contributed by atoms with Gasteiger partial charge in [0.05, 0.1) is 13.3 Å². The van der Waals surface area contributed by atoms with Crippen LogP contribution in [0.2, 0.25) is 0 Å². The average Bonchev–Trinajstić information content (AvgIpc) is 2.37. The topological polar surface area (TPSA) is 44.8 Å². The number of methoxy groups -OCH3 is 1. The quantitative estimate of drug-likeness (QED) is 0.593. The van der Waals surface area contributed by atoms with Crippen LogP contribution in [0.1, 0.15) is 11.1 Å². The Balaban J connectivity index is 3.01. The summed E-state index contributed by atoms with van der Waals surface area (Å²) in [6.45, 7) is 0. The van der Waals surface area contributed by atoms with Gasteiger partial charge in [-0.2, -0.15) is 0 Å². The van der Waals surface area contributed by atoms with E-state index in [4.69, 9.17) is 13.8 Å². The van der Waals surface area contributed by atoms with E-state index in [9.17, 15) is 4.57 Å². The second-order valence-corrected chi connectivity index (χ2v) is 6.29. The third kappa shape index (κ3) is 4.11. The molecule has 0 amide bonds. The summed E-state index contributed by atoms with van der Waals surface area (Å²) in [7, 11) is 1.34. The minimum absolute atomic E-state index is 0.233. The third-order valence-corrected chi connectivity index (χ3v) is 4.86. The van der Waals surface area contributed by atoms with Crippen LogP contribution in [0, 0.1) is 0 Å². The normalized spacial score (nSPS) is 11.5. The fraction of sp³-hybridized carbons (Fsp3) is 0.455. The maximum absolute atomic E-state index is 12.0. The lowest BCUT2D eigenvalue weighted by Gasteiger charge is -2.14. The molecule has 1 aromatic carbocycles. The molecule has 0 aromatic heterocycles. The summed E-state index contributed by atoms with van der Waals surface area (Å²) < 4.78 is 27.0. The van der Waals surface area contributed by atoms with Gasteiger partial charge < -0.3 is 13.8 Å². The van der Waals surface area contributed by atoms with Crippen LogP contribution in [0.15, 0.2) is 18.2 Å². The first-order valence-corrected chi connectivity index (χ1v) is 7.85. The maximum atomic E-state index is 12.0. The molecule has 0 N–H and O–H groups in total. The summed E-state index contributed by atoms with van der Waals surface area (Å²) in [5.74, 6) is 0.732. The SMILES string of the molecule is COc1cc(CBr)cc(CP(=O)(OC)OC)c1. The lowest BCUT2D eigenvalue weighted by Crippen LogP contribution is -1.96. The van der Waals surface area contributed by atoms with Gasteiger partial charge in [-0.15, -0.1) is 0 Å². The van der Waals surface area contributed by atoms with E-state index >= 15 is 0 Å². The van der Waals surface area contributed by atoms with Gasteiger partial charge in [0.25, 0.3) is 0 Å². The van der Waals surface area contributed by atoms with Crippen LogP contribution in [0.5, 0.6) is 5.75 Å². The van der Waals surface area contributed by atoms with E-state index in [-0.39, 0.29) is 6.16 Å². The molecule has 4 nitrogen and oxygen atoms in total. The molecule has 6 heteroatoms. The molecule has 96 valence electrons. The highest BCUT2D eigenvalue weighted by molar-refractivity contribution is 9.08. The Morgan fingerprint density at radius 3 is 2.18 bits per heavy atom. The number of hydrogen-bond acceptors (Lipinski definition) is 4. The molecule has 0 spiro atoms. The fourth-order valence-electron chi connectivity index (χ4n) is 1.44. The van der Waals surface area contributed by atoms with Crippen LogP contribution >= 0.6 is 23.5 Å². The Morgan fingerprint density at radius 2 is 1.71 bits per heavy atom. The van der Waals surface area contributed by atoms with Crippen molar-refractivity contribution >= 4 is 23.5 Å². The Labute approximate surface area is 110 Å². The van der Waals surface area contributed by atoms with Gasteiger partial charge in [-0.25, -0.2) is 0 Å². The summed E-state index contributed by atoms with van der Waals surface area (Å²) in [6.07, 6.45) is 0.233. The van der Waals surface area contributed by atoms with Gasteiger partial charge in [0, 0.05) is 19.5 Å². The van der Waals surface area contributed by atoms with Gasteiger partial charge in [0.2, 0.25) is 0 Å². The van der Waals surface area contributed by atoms with Crippen LogP contribution in [-0.4, -0.2) is 21.3 Å². The molecule has 0 bridgehead atoms. The fourth-order valence-corrected chi connectivity index (χ4v) is 2.80. The molecule has 0 aliphatic carbocycles. The van der Waals surface area contributed by atoms with Crippen molar-refractivity contribution in [1.29, 1.82) is 0 Å². The number of hydrogen-bond donors (Lipinski definition) is 0. The number of ether oxygens (including phenoxy) is 1. The Kier molecular flexibility index (Phi) is 5.67. The van der Waals surface area contributed by atoms with Crippen molar-refractivity contribution in [2.75, 3.05) is 21.3 Å². The van der Waals surface area contributed by atoms with Crippen LogP contribution in [0.4, 0.5) is 0 Å². The molecule has 0 unspecified atom stereocenters. The highest BCUT2D eigenvalue weighted by atomic mass is 79.9. The lowest BCUT2D eigenvalue weighted by molar-refractivity contribution is 0.274. The smallest absolute Gasteiger partial charge is 0.334 e. The van der Waals surface area contributed by atoms with E-state index in [0.717, 1.165) is 16.9 Å². The molecule has 0 saturated heterocycles. The maximum Gasteiger partial charge on any atom is 0.334 e. The Bertz CT molecular complexity index is 392. The second-order valence-electron chi connectivity index (χ2n) is 3.46. The van der Waals surface area contributed by atoms with E-state index in [0.29, 0.717) is 5.33 Å². The van der Waals surface area contributed by atoms with Crippen molar-refractivity contribution in [2.45, 2.75) is 11.5 Å². The molecule has 0 aliphatic heterocycles. The van der Waals surface area contributed by atoms with Crippen LogP contribution in [0.3, 0.4) is 0 Å². The molecule has 0 saturated carbocycles. The molecular weight excluding hydrogens is 307 g/mol. The van der Waals surface area contributed by atoms with Gasteiger partial charge >= 0.3 is 7.60 Å². The van der Waals surface area contributed by atoms with E-state index < -0.39 is 7.60 Å². The average molecular weight is 323 g/mol. The Morgan fingerprint density at radius 1 is 1.12 bits per heavy atom. The molecule has 1 aromatic rings. The molecule has 0 aliphatic rings. The first-order valence-electron chi connectivity index (χ1n) is 5.00. The number of alkyl halides is 1. The van der Waals surface area contributed by atoms with Gasteiger partial charge in [-0.3, -0.25) is 4.57 Å². The largest absolute Gasteiger partial charge is 0.497 e. The summed E-state index contributed by atoms with van der Waals surface area (Å²) >= 11 is 3.38. The van der Waals surface area contributed by atoms with Crippen LogP contribution in [0.25, 0.3) is 0 Å². The number of rotatable bonds is 6. The standard InChI is InChI=1S/C11H16BrO4P/c1-14-11-5-9(7-12)4-10(6-11)8-17(13,15-2)16-3/h4-6H,7-8H2,1-3H3. The van der Waals surface area contributed by atoms with Crippen LogP contribution in [-0.2, 0) is 25.1 Å². The predicted molar refractivity (Wildman–Crippen MR) is 71.0 cm³/mol. The van der Waals surface area contributed by atoms with Gasteiger partial charge in [0.15, 0.2) is 0 Å². The first-order chi connectivity index (χ1) is 8.06. The van der Waals surface area contributed by atoms with E-state index in [1.165, 1.54) is 14.2 Å². The van der Waals surface area contributed by atoms with Gasteiger partial charge in [-0.1, -0.05) is 22.0 Å². The van der Waals surface area contributed by atoms with Crippen molar-refractivity contribution < 1.29 is 18.3 Å². The van der Waals surface area contributed by atoms with Crippen molar-refractivity contribution in [2.24, 2.45) is 0 Å². The highest BCUT2D eigenvalue weighted by Gasteiger charge is 2.22. The molecule has 0 heterocycles. The van der Waals surface area contributed by atoms with Crippen LogP contribution < -0.4 is 4.74 Å². The molecular formula is C11H16BrO4P. The molecule has 0 fully saturated rings. The molecule has 17 heavy (non-hydrogen) atoms. The molecule has 0 radical (unpaired) electrons. The zero-order valence-corrected chi connectivity index (χ0v) is 12.6. The van der Waals surface area contributed by atoms with E-state index in [2.05, 4.69) is 15.9 Å². The zero-order chi connectivity index (χ0) is 12.9. The highest BCUT2D eigenvalue weighted by Crippen LogP contribution is 2.50. The number of halogens is 1. The van der Waals surface area contributed by atoms with Crippen molar-refractivity contribution in [3.8, 4) is 5.75 Å². The molecule has 0 atom stereocenters. The summed E-state index contributed by atoms with van der Waals surface area (Å²) in [5.41, 5.74) is 1.92. The third-order valence-electron chi connectivity index (χ3n) is 2.35. The summed E-state index contributed by atoms with van der Waals surface area (Å²) in [5, 5.41) is 0.710. The van der Waals surface area contributed by atoms with Gasteiger partial charge in [-0.05, 0) is 23.3 Å². The first kappa shape index (κ1) is 14.7. The van der Waals surface area contributed by atoms with Gasteiger partial charge in [0.1, 0.15) is 5.75 Å². The number of benzene rings is 1. The lowest BCUT2D eigenvalue weighted by atomic mass is 10.1. The van der Waals surface area contributed by atoms with Crippen molar-refractivity contribution in [1.82, 2.24) is 0 Å².